The molecule has 2 nitrogen and oxygen atoms in total. The maximum Gasteiger partial charge on any atom is 0.426 e. The van der Waals surface area contributed by atoms with E-state index in [9.17, 15) is 18.0 Å². The number of fused-ring (bicyclic) bond motifs is 2. The molecular weight excluding hydrogens is 207 g/mol. The van der Waals surface area contributed by atoms with Crippen LogP contribution in [0.4, 0.5) is 13.2 Å². The smallest absolute Gasteiger partial charge is 0.272 e. The van der Waals surface area contributed by atoms with Gasteiger partial charge < -0.3 is 0 Å². The SMILES string of the molecule is O=C(N=CC(F)(F)F)C1CC2CCC1C2. The summed E-state index contributed by atoms with van der Waals surface area (Å²) in [4.78, 5) is 14.4. The Labute approximate surface area is 85.6 Å². The van der Waals surface area contributed by atoms with Gasteiger partial charge in [-0.1, -0.05) is 6.42 Å². The second kappa shape index (κ2) is 3.61. The number of nitrogens with zero attached hydrogens (tertiary/aromatic N) is 1. The van der Waals surface area contributed by atoms with Crippen LogP contribution in [0.3, 0.4) is 0 Å². The minimum absolute atomic E-state index is 0.193. The summed E-state index contributed by atoms with van der Waals surface area (Å²) in [5.74, 6) is -0.000189. The fraction of sp³-hybridized carbons (Fsp3) is 0.800. The molecule has 0 aromatic heterocycles. The molecule has 0 heterocycles. The number of carbonyl (C=O) groups is 1. The van der Waals surface area contributed by atoms with Gasteiger partial charge in [0.1, 0.15) is 6.21 Å². The highest BCUT2D eigenvalue weighted by Gasteiger charge is 2.43. The van der Waals surface area contributed by atoms with E-state index in [1.807, 2.05) is 0 Å². The first-order chi connectivity index (χ1) is 6.96. The predicted octanol–water partition coefficient (Wildman–Crippen LogP) is 2.58. The summed E-state index contributed by atoms with van der Waals surface area (Å²) in [5.41, 5.74) is 0. The van der Waals surface area contributed by atoms with E-state index in [2.05, 4.69) is 4.99 Å². The van der Waals surface area contributed by atoms with Crippen LogP contribution in [0.5, 0.6) is 0 Å². The predicted molar refractivity (Wildman–Crippen MR) is 48.5 cm³/mol. The summed E-state index contributed by atoms with van der Waals surface area (Å²) >= 11 is 0. The first kappa shape index (κ1) is 10.6. The molecule has 0 radical (unpaired) electrons. The van der Waals surface area contributed by atoms with Crippen LogP contribution in [-0.4, -0.2) is 18.3 Å². The zero-order valence-corrected chi connectivity index (χ0v) is 8.13. The molecule has 2 bridgehead atoms. The second-order valence-electron chi connectivity index (χ2n) is 4.42. The second-order valence-corrected chi connectivity index (χ2v) is 4.42. The third-order valence-corrected chi connectivity index (χ3v) is 3.39. The van der Waals surface area contributed by atoms with Gasteiger partial charge in [-0.25, -0.2) is 4.99 Å². The minimum Gasteiger partial charge on any atom is -0.272 e. The normalized spacial score (nSPS) is 35.3. The highest BCUT2D eigenvalue weighted by atomic mass is 19.4. The Bertz CT molecular complexity index is 298. The molecule has 0 spiro atoms. The summed E-state index contributed by atoms with van der Waals surface area (Å²) in [5, 5.41) is 0. The van der Waals surface area contributed by atoms with Crippen molar-refractivity contribution in [2.24, 2.45) is 22.7 Å². The van der Waals surface area contributed by atoms with E-state index in [1.54, 1.807) is 0 Å². The fourth-order valence-corrected chi connectivity index (χ4v) is 2.78. The Kier molecular flexibility index (Phi) is 2.56. The van der Waals surface area contributed by atoms with Crippen molar-refractivity contribution in [3.05, 3.63) is 0 Å². The first-order valence-electron chi connectivity index (χ1n) is 5.11. The highest BCUT2D eigenvalue weighted by Crippen LogP contribution is 2.48. The van der Waals surface area contributed by atoms with Crippen LogP contribution in [-0.2, 0) is 4.79 Å². The molecule has 84 valence electrons. The van der Waals surface area contributed by atoms with E-state index >= 15 is 0 Å². The molecule has 3 atom stereocenters. The van der Waals surface area contributed by atoms with Crippen molar-refractivity contribution < 1.29 is 18.0 Å². The van der Waals surface area contributed by atoms with Crippen molar-refractivity contribution in [1.29, 1.82) is 0 Å². The average Bonchev–Trinajstić information content (AvgIpc) is 2.73. The van der Waals surface area contributed by atoms with E-state index in [-0.39, 0.29) is 18.1 Å². The van der Waals surface area contributed by atoms with Crippen molar-refractivity contribution in [2.45, 2.75) is 31.9 Å². The molecule has 2 saturated carbocycles. The zero-order valence-electron chi connectivity index (χ0n) is 8.13. The van der Waals surface area contributed by atoms with Gasteiger partial charge in [-0.2, -0.15) is 13.2 Å². The van der Waals surface area contributed by atoms with Gasteiger partial charge in [-0.3, -0.25) is 4.79 Å². The lowest BCUT2D eigenvalue weighted by molar-refractivity contribution is -0.123. The molecule has 5 heteroatoms. The quantitative estimate of drug-likeness (QED) is 0.623. The molecule has 2 aliphatic carbocycles. The topological polar surface area (TPSA) is 29.4 Å². The number of aliphatic imine (C=N–C) groups is 1. The molecule has 1 amide bonds. The molecule has 2 aliphatic rings. The zero-order chi connectivity index (χ0) is 11.1. The Morgan fingerprint density at radius 3 is 2.47 bits per heavy atom. The molecule has 0 N–H and O–H groups in total. The molecule has 15 heavy (non-hydrogen) atoms. The number of alkyl halides is 3. The summed E-state index contributed by atoms with van der Waals surface area (Å²) in [6, 6.07) is 0. The maximum absolute atomic E-state index is 11.8. The van der Waals surface area contributed by atoms with Gasteiger partial charge in [0.05, 0.1) is 0 Å². The lowest BCUT2D eigenvalue weighted by Crippen LogP contribution is -2.21. The first-order valence-corrected chi connectivity index (χ1v) is 5.11. The molecule has 0 saturated heterocycles. The number of carbonyl (C=O) groups excluding carboxylic acids is 1. The average molecular weight is 219 g/mol. The Hall–Kier alpha value is -0.870. The van der Waals surface area contributed by atoms with Gasteiger partial charge in [-0.05, 0) is 31.1 Å². The van der Waals surface area contributed by atoms with Crippen LogP contribution in [0.25, 0.3) is 0 Å². The minimum atomic E-state index is -4.48. The van der Waals surface area contributed by atoms with Crippen LogP contribution in [0.2, 0.25) is 0 Å². The van der Waals surface area contributed by atoms with Crippen LogP contribution in [0, 0.1) is 17.8 Å². The molecular formula is C10H12F3NO. The molecule has 0 aliphatic heterocycles. The van der Waals surface area contributed by atoms with Crippen molar-refractivity contribution in [1.82, 2.24) is 0 Å². The van der Waals surface area contributed by atoms with E-state index in [0.717, 1.165) is 25.7 Å². The summed E-state index contributed by atoms with van der Waals surface area (Å²) in [6.45, 7) is 0. The Balaban J connectivity index is 1.95. The molecule has 0 aromatic carbocycles. The third-order valence-electron chi connectivity index (χ3n) is 3.39. The van der Waals surface area contributed by atoms with Gasteiger partial charge in [0, 0.05) is 5.92 Å². The van der Waals surface area contributed by atoms with Crippen LogP contribution < -0.4 is 0 Å². The Morgan fingerprint density at radius 2 is 2.00 bits per heavy atom. The third kappa shape index (κ3) is 2.38. The molecule has 2 fully saturated rings. The highest BCUT2D eigenvalue weighted by molar-refractivity contribution is 5.88. The number of hydrogen-bond donors (Lipinski definition) is 0. The van der Waals surface area contributed by atoms with E-state index < -0.39 is 12.1 Å². The number of halogens is 3. The number of hydrogen-bond acceptors (Lipinski definition) is 1. The van der Waals surface area contributed by atoms with Crippen LogP contribution in [0.15, 0.2) is 4.99 Å². The Morgan fingerprint density at radius 1 is 1.27 bits per heavy atom. The van der Waals surface area contributed by atoms with Gasteiger partial charge >= 0.3 is 6.18 Å². The van der Waals surface area contributed by atoms with Crippen molar-refractivity contribution in [3.8, 4) is 0 Å². The largest absolute Gasteiger partial charge is 0.426 e. The maximum atomic E-state index is 11.8. The number of amides is 1. The molecule has 3 unspecified atom stereocenters. The molecule has 0 aromatic rings. The lowest BCUT2D eigenvalue weighted by atomic mass is 9.88. The van der Waals surface area contributed by atoms with Gasteiger partial charge in [0.15, 0.2) is 0 Å². The van der Waals surface area contributed by atoms with Gasteiger partial charge in [0.25, 0.3) is 0 Å². The van der Waals surface area contributed by atoms with Crippen LogP contribution >= 0.6 is 0 Å². The summed E-state index contributed by atoms with van der Waals surface area (Å²) in [6.07, 6.45) is -0.842. The van der Waals surface area contributed by atoms with Gasteiger partial charge in [0.2, 0.25) is 5.91 Å². The summed E-state index contributed by atoms with van der Waals surface area (Å²) < 4.78 is 35.4. The van der Waals surface area contributed by atoms with E-state index in [1.165, 1.54) is 0 Å². The van der Waals surface area contributed by atoms with E-state index in [0.29, 0.717) is 5.92 Å². The van der Waals surface area contributed by atoms with Gasteiger partial charge in [-0.15, -0.1) is 0 Å². The fourth-order valence-electron chi connectivity index (χ4n) is 2.78. The van der Waals surface area contributed by atoms with Crippen LogP contribution in [0.1, 0.15) is 25.7 Å². The van der Waals surface area contributed by atoms with Crippen molar-refractivity contribution in [3.63, 3.8) is 0 Å². The summed E-state index contributed by atoms with van der Waals surface area (Å²) in [7, 11) is 0. The molecule has 2 rings (SSSR count). The van der Waals surface area contributed by atoms with Crippen molar-refractivity contribution >= 4 is 12.1 Å². The van der Waals surface area contributed by atoms with E-state index in [4.69, 9.17) is 0 Å². The standard InChI is InChI=1S/C10H12F3NO/c11-10(12,13)5-14-9(15)8-4-6-1-2-7(8)3-6/h5-8H,1-4H2. The monoisotopic (exact) mass is 219 g/mol. The number of rotatable bonds is 1. The van der Waals surface area contributed by atoms with Crippen molar-refractivity contribution in [2.75, 3.05) is 0 Å². The lowest BCUT2D eigenvalue weighted by Gasteiger charge is -2.17.